The lowest BCUT2D eigenvalue weighted by Crippen LogP contribution is -2.48. The van der Waals surface area contributed by atoms with E-state index in [1.807, 2.05) is 0 Å². The third-order valence-corrected chi connectivity index (χ3v) is 10.2. The van der Waals surface area contributed by atoms with Gasteiger partial charge in [0, 0.05) is 35.8 Å². The number of carbonyl (C=O) groups excluding carboxylic acids is 1. The predicted molar refractivity (Wildman–Crippen MR) is 125 cm³/mol. The topological polar surface area (TPSA) is 130 Å². The number of sulfonamides is 1. The highest BCUT2D eigenvalue weighted by atomic mass is 35.5. The molecule has 2 aliphatic carbocycles. The van der Waals surface area contributed by atoms with Gasteiger partial charge in [-0.2, -0.15) is 0 Å². The van der Waals surface area contributed by atoms with E-state index in [1.54, 1.807) is 0 Å². The first-order valence-corrected chi connectivity index (χ1v) is 14.6. The number of sulfone groups is 1. The van der Waals surface area contributed by atoms with E-state index in [-0.39, 0.29) is 34.1 Å². The smallest absolute Gasteiger partial charge is 0.255 e. The molecule has 2 saturated carbocycles. The number of nitrogens with one attached hydrogen (secondary N) is 2. The Morgan fingerprint density at radius 2 is 1.75 bits per heavy atom. The second-order valence-electron chi connectivity index (χ2n) is 9.21. The molecule has 3 N–H and O–H groups in total. The van der Waals surface area contributed by atoms with Crippen LogP contribution < -0.4 is 10.0 Å². The minimum absolute atomic E-state index is 0.0730. The highest BCUT2D eigenvalue weighted by molar-refractivity contribution is 7.92. The summed E-state index contributed by atoms with van der Waals surface area (Å²) in [5, 5.41) is 12.0. The van der Waals surface area contributed by atoms with Crippen LogP contribution in [0, 0.1) is 29.3 Å². The van der Waals surface area contributed by atoms with Crippen molar-refractivity contribution in [1.82, 2.24) is 4.72 Å². The van der Waals surface area contributed by atoms with E-state index in [2.05, 4.69) is 10.0 Å². The molecule has 2 fully saturated rings. The third-order valence-electron chi connectivity index (χ3n) is 6.76. The van der Waals surface area contributed by atoms with Crippen LogP contribution in [0.2, 0.25) is 5.02 Å². The first kappa shape index (κ1) is 26.9. The Labute approximate surface area is 210 Å². The summed E-state index contributed by atoms with van der Waals surface area (Å²) in [6, 6.07) is 4.57. The molecule has 8 nitrogen and oxygen atoms in total. The zero-order chi connectivity index (χ0) is 26.6. The molecule has 0 aromatic heterocycles. The molecule has 0 aliphatic heterocycles. The summed E-state index contributed by atoms with van der Waals surface area (Å²) >= 11 is 6.19. The van der Waals surface area contributed by atoms with Gasteiger partial charge >= 0.3 is 0 Å². The van der Waals surface area contributed by atoms with Crippen molar-refractivity contribution < 1.29 is 39.9 Å². The lowest BCUT2D eigenvalue weighted by molar-refractivity contribution is -0.00706. The van der Waals surface area contributed by atoms with Gasteiger partial charge in [0.15, 0.2) is 27.3 Å². The maximum atomic E-state index is 13.7. The number of halogens is 4. The number of rotatable bonds is 7. The van der Waals surface area contributed by atoms with Gasteiger partial charge in [-0.3, -0.25) is 4.79 Å². The van der Waals surface area contributed by atoms with Gasteiger partial charge in [0.25, 0.3) is 5.91 Å². The lowest BCUT2D eigenvalue weighted by atomic mass is 9.84. The predicted octanol–water partition coefficient (Wildman–Crippen LogP) is 2.86. The molecule has 2 aliphatic rings. The number of hydrogen-bond acceptors (Lipinski definition) is 6. The fourth-order valence-corrected chi connectivity index (χ4v) is 8.66. The van der Waals surface area contributed by atoms with Gasteiger partial charge in [-0.15, -0.1) is 0 Å². The van der Waals surface area contributed by atoms with Gasteiger partial charge in [0.2, 0.25) is 10.0 Å². The zero-order valence-electron chi connectivity index (χ0n) is 18.8. The van der Waals surface area contributed by atoms with Crippen LogP contribution in [0.5, 0.6) is 0 Å². The molecule has 2 bridgehead atoms. The van der Waals surface area contributed by atoms with Gasteiger partial charge < -0.3 is 10.4 Å². The number of aliphatic hydroxyl groups is 1. The highest BCUT2D eigenvalue weighted by Gasteiger charge is 2.61. The van der Waals surface area contributed by atoms with E-state index in [0.717, 1.165) is 12.3 Å². The van der Waals surface area contributed by atoms with E-state index < -0.39 is 65.9 Å². The quantitative estimate of drug-likeness (QED) is 0.442. The number of amides is 1. The van der Waals surface area contributed by atoms with E-state index in [4.69, 9.17) is 11.6 Å². The summed E-state index contributed by atoms with van der Waals surface area (Å²) in [7, 11) is -7.82. The standard InChI is InChI=1S/C22H22ClF3N2O6S2/c1-35(31,32)27-10-22(30)9-12-2-4-14(22)20(12)36(33,34)18-6-11(3-5-15(18)23)21(29)28-13-7-16(24)19(26)17(25)8-13/h3,5-8,12,14,20,27,30H,2,4,9-10H2,1H3,(H,28,29)/t12?,14?,20-,22-/m1/s1. The number of benzene rings is 2. The van der Waals surface area contributed by atoms with Crippen molar-refractivity contribution in [1.29, 1.82) is 0 Å². The fourth-order valence-electron chi connectivity index (χ4n) is 5.22. The molecule has 4 atom stereocenters. The maximum absolute atomic E-state index is 13.7. The van der Waals surface area contributed by atoms with E-state index >= 15 is 0 Å². The van der Waals surface area contributed by atoms with Crippen LogP contribution in [0.25, 0.3) is 0 Å². The molecule has 2 unspecified atom stereocenters. The molecular weight excluding hydrogens is 545 g/mol. The molecule has 0 heterocycles. The first-order chi connectivity index (χ1) is 16.6. The third kappa shape index (κ3) is 4.99. The van der Waals surface area contributed by atoms with Crippen molar-refractivity contribution in [2.24, 2.45) is 11.8 Å². The lowest BCUT2D eigenvalue weighted by Gasteiger charge is -2.32. The second kappa shape index (κ2) is 9.28. The van der Waals surface area contributed by atoms with Crippen molar-refractivity contribution >= 4 is 43.1 Å². The Balaban J connectivity index is 1.62. The SMILES string of the molecule is CS(=O)(=O)NC[C@]1(O)CC2CCC1[C@@H]2S(=O)(=O)c1cc(C(=O)Nc2cc(F)c(F)c(F)c2)ccc1Cl. The summed E-state index contributed by atoms with van der Waals surface area (Å²) in [6.07, 6.45) is 1.87. The monoisotopic (exact) mass is 566 g/mol. The van der Waals surface area contributed by atoms with Gasteiger partial charge in [-0.25, -0.2) is 34.7 Å². The zero-order valence-corrected chi connectivity index (χ0v) is 21.2. The normalized spacial score (nSPS) is 25.8. The summed E-state index contributed by atoms with van der Waals surface area (Å²) in [5.41, 5.74) is -2.14. The van der Waals surface area contributed by atoms with Gasteiger partial charge in [0.1, 0.15) is 0 Å². The Bertz CT molecular complexity index is 1430. The minimum atomic E-state index is -4.20. The first-order valence-electron chi connectivity index (χ1n) is 10.8. The molecule has 1 amide bonds. The fraction of sp³-hybridized carbons (Fsp3) is 0.409. The number of carbonyl (C=O) groups is 1. The highest BCUT2D eigenvalue weighted by Crippen LogP contribution is 2.55. The number of anilines is 1. The Morgan fingerprint density at radius 1 is 1.11 bits per heavy atom. The maximum Gasteiger partial charge on any atom is 0.255 e. The molecule has 14 heteroatoms. The van der Waals surface area contributed by atoms with Crippen molar-refractivity contribution in [2.75, 3.05) is 18.1 Å². The van der Waals surface area contributed by atoms with E-state index in [1.165, 1.54) is 12.1 Å². The molecule has 4 rings (SSSR count). The Morgan fingerprint density at radius 3 is 2.36 bits per heavy atom. The average Bonchev–Trinajstić information content (AvgIpc) is 3.32. The van der Waals surface area contributed by atoms with Crippen molar-refractivity contribution in [2.45, 2.75) is 35.0 Å². The molecule has 2 aromatic rings. The van der Waals surface area contributed by atoms with Crippen LogP contribution >= 0.6 is 11.6 Å². The molecule has 0 saturated heterocycles. The van der Waals surface area contributed by atoms with Gasteiger partial charge in [-0.05, 0) is 43.4 Å². The summed E-state index contributed by atoms with van der Waals surface area (Å²) in [5.74, 6) is -6.87. The summed E-state index contributed by atoms with van der Waals surface area (Å²) in [4.78, 5) is 12.3. The molecular formula is C22H22ClF3N2O6S2. The van der Waals surface area contributed by atoms with Crippen LogP contribution in [0.15, 0.2) is 35.2 Å². The Hall–Kier alpha value is -2.19. The van der Waals surface area contributed by atoms with Crippen molar-refractivity contribution in [3.63, 3.8) is 0 Å². The molecule has 196 valence electrons. The summed E-state index contributed by atoms with van der Waals surface area (Å²) < 4.78 is 92.7. The number of hydrogen-bond donors (Lipinski definition) is 3. The number of fused-ring (bicyclic) bond motifs is 2. The van der Waals surface area contributed by atoms with Crippen molar-refractivity contribution in [3.8, 4) is 0 Å². The molecule has 0 radical (unpaired) electrons. The molecule has 0 spiro atoms. The minimum Gasteiger partial charge on any atom is -0.388 e. The molecule has 2 aromatic carbocycles. The van der Waals surface area contributed by atoms with Crippen molar-refractivity contribution in [3.05, 3.63) is 58.4 Å². The van der Waals surface area contributed by atoms with E-state index in [0.29, 0.717) is 25.0 Å². The Kier molecular flexibility index (Phi) is 6.92. The van der Waals surface area contributed by atoms with Crippen LogP contribution in [0.4, 0.5) is 18.9 Å². The summed E-state index contributed by atoms with van der Waals surface area (Å²) in [6.45, 7) is -0.333. The second-order valence-corrected chi connectivity index (χ2v) is 13.5. The largest absolute Gasteiger partial charge is 0.388 e. The van der Waals surface area contributed by atoms with E-state index in [9.17, 15) is 39.9 Å². The van der Waals surface area contributed by atoms with Gasteiger partial charge in [0.05, 0.1) is 27.0 Å². The average molecular weight is 567 g/mol. The van der Waals surface area contributed by atoms with Crippen LogP contribution in [0.3, 0.4) is 0 Å². The van der Waals surface area contributed by atoms with Gasteiger partial charge in [-0.1, -0.05) is 11.6 Å². The van der Waals surface area contributed by atoms with Crippen LogP contribution in [0.1, 0.15) is 29.6 Å². The van der Waals surface area contributed by atoms with Crippen LogP contribution in [-0.2, 0) is 19.9 Å². The van der Waals surface area contributed by atoms with Crippen LogP contribution in [-0.4, -0.2) is 51.5 Å². The molecule has 36 heavy (non-hydrogen) atoms.